The van der Waals surface area contributed by atoms with E-state index in [-0.39, 0.29) is 18.2 Å². The molecule has 1 aromatic carbocycles. The molecule has 0 spiro atoms. The van der Waals surface area contributed by atoms with Crippen molar-refractivity contribution in [2.24, 2.45) is 0 Å². The maximum Gasteiger partial charge on any atom is 0.371 e. The van der Waals surface area contributed by atoms with Gasteiger partial charge in [0, 0.05) is 14.5 Å². The van der Waals surface area contributed by atoms with Crippen LogP contribution in [0.5, 0.6) is 0 Å². The zero-order chi connectivity index (χ0) is 14.7. The molecule has 7 heteroatoms. The number of carbonyl (C=O) groups is 2. The maximum absolute atomic E-state index is 12.0. The Kier molecular flexibility index (Phi) is 4.61. The minimum atomic E-state index is -1.14. The molecule has 104 valence electrons. The molecule has 20 heavy (non-hydrogen) atoms. The number of rotatable bonds is 4. The molecule has 2 aromatic rings. The van der Waals surface area contributed by atoms with E-state index >= 15 is 0 Å². The van der Waals surface area contributed by atoms with Crippen LogP contribution in [0.4, 0.5) is 0 Å². The molecule has 2 N–H and O–H groups in total. The fraction of sp³-hybridized carbons (Fsp3) is 0.0769. The van der Waals surface area contributed by atoms with Crippen LogP contribution < -0.4 is 5.32 Å². The third kappa shape index (κ3) is 3.71. The van der Waals surface area contributed by atoms with Gasteiger partial charge in [-0.3, -0.25) is 4.79 Å². The van der Waals surface area contributed by atoms with Gasteiger partial charge in [-0.05, 0) is 30.3 Å². The van der Waals surface area contributed by atoms with Gasteiger partial charge in [0.1, 0.15) is 5.76 Å². The van der Waals surface area contributed by atoms with Gasteiger partial charge in [0.05, 0.1) is 6.54 Å². The highest BCUT2D eigenvalue weighted by atomic mass is 79.9. The first-order valence-corrected chi connectivity index (χ1v) is 7.10. The average molecular weight is 403 g/mol. The number of carboxylic acids is 1. The predicted molar refractivity (Wildman–Crippen MR) is 78.7 cm³/mol. The Morgan fingerprint density at radius 1 is 1.15 bits per heavy atom. The fourth-order valence-corrected chi connectivity index (χ4v) is 2.84. The monoisotopic (exact) mass is 401 g/mol. The van der Waals surface area contributed by atoms with Crippen LogP contribution in [0.25, 0.3) is 0 Å². The number of amides is 1. The molecular weight excluding hydrogens is 394 g/mol. The van der Waals surface area contributed by atoms with Crippen molar-refractivity contribution in [1.29, 1.82) is 0 Å². The van der Waals surface area contributed by atoms with E-state index in [1.54, 1.807) is 12.1 Å². The van der Waals surface area contributed by atoms with Crippen molar-refractivity contribution in [1.82, 2.24) is 5.32 Å². The highest BCUT2D eigenvalue weighted by molar-refractivity contribution is 9.11. The van der Waals surface area contributed by atoms with Crippen molar-refractivity contribution in [2.45, 2.75) is 6.54 Å². The molecule has 0 atom stereocenters. The lowest BCUT2D eigenvalue weighted by atomic mass is 10.2. The van der Waals surface area contributed by atoms with E-state index in [1.807, 2.05) is 6.07 Å². The highest BCUT2D eigenvalue weighted by Crippen LogP contribution is 2.20. The van der Waals surface area contributed by atoms with Gasteiger partial charge in [-0.2, -0.15) is 0 Å². The van der Waals surface area contributed by atoms with E-state index in [4.69, 9.17) is 9.52 Å². The summed E-state index contributed by atoms with van der Waals surface area (Å²) in [4.78, 5) is 22.6. The summed E-state index contributed by atoms with van der Waals surface area (Å²) in [6, 6.07) is 8.05. The van der Waals surface area contributed by atoms with E-state index in [1.165, 1.54) is 12.1 Å². The van der Waals surface area contributed by atoms with Crippen LogP contribution in [0.2, 0.25) is 0 Å². The number of furan rings is 1. The Balaban J connectivity index is 2.02. The van der Waals surface area contributed by atoms with Crippen molar-refractivity contribution in [3.63, 3.8) is 0 Å². The Morgan fingerprint density at radius 2 is 1.80 bits per heavy atom. The highest BCUT2D eigenvalue weighted by Gasteiger charge is 2.11. The topological polar surface area (TPSA) is 79.5 Å². The SMILES string of the molecule is O=C(NCc1ccc(C(=O)O)o1)c1cc(Br)cc(Br)c1. The average Bonchev–Trinajstić information content (AvgIpc) is 2.83. The molecule has 0 bridgehead atoms. The van der Waals surface area contributed by atoms with Gasteiger partial charge in [0.2, 0.25) is 5.76 Å². The third-order valence-electron chi connectivity index (χ3n) is 2.42. The summed E-state index contributed by atoms with van der Waals surface area (Å²) in [7, 11) is 0. The molecule has 0 radical (unpaired) electrons. The van der Waals surface area contributed by atoms with Crippen molar-refractivity contribution < 1.29 is 19.1 Å². The first kappa shape index (κ1) is 14.8. The summed E-state index contributed by atoms with van der Waals surface area (Å²) in [6.45, 7) is 0.121. The van der Waals surface area contributed by atoms with Crippen LogP contribution >= 0.6 is 31.9 Å². The summed E-state index contributed by atoms with van der Waals surface area (Å²) < 4.78 is 6.61. The molecule has 0 saturated carbocycles. The number of aromatic carboxylic acids is 1. The Morgan fingerprint density at radius 3 is 2.35 bits per heavy atom. The molecule has 2 rings (SSSR count). The number of hydrogen-bond acceptors (Lipinski definition) is 3. The summed E-state index contributed by atoms with van der Waals surface area (Å²) in [5, 5.41) is 11.4. The normalized spacial score (nSPS) is 10.3. The Hall–Kier alpha value is -1.60. The number of carbonyl (C=O) groups excluding carboxylic acids is 1. The van der Waals surface area contributed by atoms with Gasteiger partial charge < -0.3 is 14.8 Å². The maximum atomic E-state index is 12.0. The lowest BCUT2D eigenvalue weighted by molar-refractivity contribution is 0.0660. The zero-order valence-corrected chi connectivity index (χ0v) is 13.2. The Labute approximate surface area is 131 Å². The molecule has 5 nitrogen and oxygen atoms in total. The van der Waals surface area contributed by atoms with Crippen LogP contribution in [0.1, 0.15) is 26.7 Å². The number of carboxylic acid groups (broad SMARTS) is 1. The second-order valence-electron chi connectivity index (χ2n) is 3.91. The van der Waals surface area contributed by atoms with E-state index < -0.39 is 5.97 Å². The lowest BCUT2D eigenvalue weighted by Gasteiger charge is -2.04. The van der Waals surface area contributed by atoms with Crippen LogP contribution in [0.3, 0.4) is 0 Å². The minimum Gasteiger partial charge on any atom is -0.475 e. The standard InChI is InChI=1S/C13H9Br2NO4/c14-8-3-7(4-9(15)5-8)12(17)16-6-10-1-2-11(20-10)13(18)19/h1-5H,6H2,(H,16,17)(H,18,19). The van der Waals surface area contributed by atoms with E-state index in [9.17, 15) is 9.59 Å². The van der Waals surface area contributed by atoms with E-state index in [2.05, 4.69) is 37.2 Å². The zero-order valence-electron chi connectivity index (χ0n) is 10.0. The van der Waals surface area contributed by atoms with Crippen LogP contribution in [0.15, 0.2) is 43.7 Å². The summed E-state index contributed by atoms with van der Waals surface area (Å²) in [5.74, 6) is -1.19. The first-order chi connectivity index (χ1) is 9.45. The van der Waals surface area contributed by atoms with Crippen LogP contribution in [-0.4, -0.2) is 17.0 Å². The molecule has 1 heterocycles. The third-order valence-corrected chi connectivity index (χ3v) is 3.34. The number of hydrogen-bond donors (Lipinski definition) is 2. The van der Waals surface area contributed by atoms with Gasteiger partial charge in [-0.1, -0.05) is 31.9 Å². The van der Waals surface area contributed by atoms with E-state index in [0.717, 1.165) is 8.95 Å². The largest absolute Gasteiger partial charge is 0.475 e. The van der Waals surface area contributed by atoms with Crippen molar-refractivity contribution in [3.8, 4) is 0 Å². The summed E-state index contributed by atoms with van der Waals surface area (Å²) in [6.07, 6.45) is 0. The molecule has 0 fully saturated rings. The molecule has 0 saturated heterocycles. The molecule has 0 unspecified atom stereocenters. The first-order valence-electron chi connectivity index (χ1n) is 5.52. The van der Waals surface area contributed by atoms with E-state index in [0.29, 0.717) is 11.3 Å². The van der Waals surface area contributed by atoms with Crippen molar-refractivity contribution in [2.75, 3.05) is 0 Å². The molecular formula is C13H9Br2NO4. The molecule has 1 amide bonds. The molecule has 0 aliphatic heterocycles. The summed E-state index contributed by atoms with van der Waals surface area (Å²) in [5.41, 5.74) is 0.483. The second kappa shape index (κ2) is 6.23. The predicted octanol–water partition coefficient (Wildman–Crippen LogP) is 3.43. The lowest BCUT2D eigenvalue weighted by Crippen LogP contribution is -2.22. The Bertz CT molecular complexity index is 646. The number of benzene rings is 1. The van der Waals surface area contributed by atoms with Gasteiger partial charge in [-0.15, -0.1) is 0 Å². The number of halogens is 2. The molecule has 0 aliphatic rings. The van der Waals surface area contributed by atoms with Gasteiger partial charge in [0.25, 0.3) is 5.91 Å². The summed E-state index contributed by atoms with van der Waals surface area (Å²) >= 11 is 6.61. The second-order valence-corrected chi connectivity index (χ2v) is 5.74. The minimum absolute atomic E-state index is 0.121. The quantitative estimate of drug-likeness (QED) is 0.820. The van der Waals surface area contributed by atoms with Gasteiger partial charge >= 0.3 is 5.97 Å². The number of nitrogens with one attached hydrogen (secondary N) is 1. The van der Waals surface area contributed by atoms with Crippen LogP contribution in [0, 0.1) is 0 Å². The smallest absolute Gasteiger partial charge is 0.371 e. The fourth-order valence-electron chi connectivity index (χ4n) is 1.54. The van der Waals surface area contributed by atoms with Gasteiger partial charge in [-0.25, -0.2) is 4.79 Å². The van der Waals surface area contributed by atoms with Gasteiger partial charge in [0.15, 0.2) is 0 Å². The molecule has 1 aromatic heterocycles. The van der Waals surface area contributed by atoms with Crippen LogP contribution in [-0.2, 0) is 6.54 Å². The molecule has 0 aliphatic carbocycles. The van der Waals surface area contributed by atoms with Crippen molar-refractivity contribution in [3.05, 3.63) is 56.4 Å². The van der Waals surface area contributed by atoms with Crippen molar-refractivity contribution >= 4 is 43.7 Å².